The van der Waals surface area contributed by atoms with Gasteiger partial charge in [0.05, 0.1) is 0 Å². The van der Waals surface area contributed by atoms with Gasteiger partial charge in [-0.1, -0.05) is 70.6 Å². The summed E-state index contributed by atoms with van der Waals surface area (Å²) >= 11 is 1.84. The van der Waals surface area contributed by atoms with Gasteiger partial charge in [-0.3, -0.25) is 0 Å². The molecule has 146 valence electrons. The summed E-state index contributed by atoms with van der Waals surface area (Å²) in [5.74, 6) is 2.11. The van der Waals surface area contributed by atoms with Crippen LogP contribution in [0.1, 0.15) is 75.8 Å². The minimum Gasteiger partial charge on any atom is -0.508 e. The topological polar surface area (TPSA) is 40.5 Å². The van der Waals surface area contributed by atoms with Gasteiger partial charge in [-0.25, -0.2) is 0 Å². The summed E-state index contributed by atoms with van der Waals surface area (Å²) in [6.45, 7) is 4.62. The Morgan fingerprint density at radius 1 is 0.926 bits per heavy atom. The van der Waals surface area contributed by atoms with Crippen LogP contribution in [-0.4, -0.2) is 16.0 Å². The van der Waals surface area contributed by atoms with Crippen LogP contribution < -0.4 is 0 Å². The van der Waals surface area contributed by atoms with Crippen molar-refractivity contribution in [3.8, 4) is 11.5 Å². The van der Waals surface area contributed by atoms with E-state index >= 15 is 0 Å². The standard InChI is InChI=1S/C24H32O2S/c1-3-4-5-6-7-8-9-22-21-15-14-20(26)16-23(21)27-17-24(22,2)18-10-12-19(25)13-11-18/h10-16,22,25-26H,3-9,17H2,1-2H3. The molecule has 0 fully saturated rings. The Balaban J connectivity index is 1.83. The first kappa shape index (κ1) is 20.1. The average molecular weight is 385 g/mol. The number of unbranched alkanes of at least 4 members (excludes halogenated alkanes) is 5. The molecule has 0 aromatic heterocycles. The lowest BCUT2D eigenvalue weighted by atomic mass is 9.68. The number of aromatic hydroxyl groups is 2. The van der Waals surface area contributed by atoms with Crippen LogP contribution in [0.15, 0.2) is 47.4 Å². The van der Waals surface area contributed by atoms with Crippen molar-refractivity contribution in [2.24, 2.45) is 0 Å². The summed E-state index contributed by atoms with van der Waals surface area (Å²) in [6.07, 6.45) is 9.00. The van der Waals surface area contributed by atoms with E-state index in [9.17, 15) is 10.2 Å². The highest BCUT2D eigenvalue weighted by molar-refractivity contribution is 7.99. The molecule has 0 amide bonds. The van der Waals surface area contributed by atoms with Crippen LogP contribution in [0.5, 0.6) is 11.5 Å². The summed E-state index contributed by atoms with van der Waals surface area (Å²) in [4.78, 5) is 1.22. The maximum Gasteiger partial charge on any atom is 0.116 e. The summed E-state index contributed by atoms with van der Waals surface area (Å²) in [6, 6.07) is 13.6. The van der Waals surface area contributed by atoms with Gasteiger partial charge in [0, 0.05) is 16.1 Å². The molecule has 2 N–H and O–H groups in total. The van der Waals surface area contributed by atoms with Crippen LogP contribution in [0.3, 0.4) is 0 Å². The molecule has 2 nitrogen and oxygen atoms in total. The maximum absolute atomic E-state index is 9.91. The second-order valence-electron chi connectivity index (χ2n) is 8.08. The van der Waals surface area contributed by atoms with Gasteiger partial charge in [0.15, 0.2) is 0 Å². The summed E-state index contributed by atoms with van der Waals surface area (Å²) in [5.41, 5.74) is 2.70. The minimum atomic E-state index is 0.0335. The van der Waals surface area contributed by atoms with Crippen LogP contribution in [0.2, 0.25) is 0 Å². The van der Waals surface area contributed by atoms with Crippen molar-refractivity contribution in [3.05, 3.63) is 53.6 Å². The summed E-state index contributed by atoms with van der Waals surface area (Å²) in [7, 11) is 0. The van der Waals surface area contributed by atoms with Crippen molar-refractivity contribution in [1.29, 1.82) is 0 Å². The Morgan fingerprint density at radius 2 is 1.59 bits per heavy atom. The van der Waals surface area contributed by atoms with Gasteiger partial charge >= 0.3 is 0 Å². The lowest BCUT2D eigenvalue weighted by Gasteiger charge is -2.43. The Labute approximate surface area is 168 Å². The number of hydrogen-bond acceptors (Lipinski definition) is 3. The van der Waals surface area contributed by atoms with Gasteiger partial charge in [0.1, 0.15) is 11.5 Å². The fraction of sp³-hybridized carbons (Fsp3) is 0.500. The van der Waals surface area contributed by atoms with Crippen molar-refractivity contribution in [2.75, 3.05) is 5.75 Å². The zero-order chi connectivity index (χ0) is 19.3. The van der Waals surface area contributed by atoms with Crippen molar-refractivity contribution in [2.45, 2.75) is 75.0 Å². The molecule has 2 aromatic carbocycles. The highest BCUT2D eigenvalue weighted by atomic mass is 32.2. The lowest BCUT2D eigenvalue weighted by molar-refractivity contribution is 0.371. The Hall–Kier alpha value is -1.61. The maximum atomic E-state index is 9.91. The van der Waals surface area contributed by atoms with E-state index in [1.807, 2.05) is 23.9 Å². The zero-order valence-corrected chi connectivity index (χ0v) is 17.4. The Bertz CT molecular complexity index is 741. The molecule has 0 saturated carbocycles. The highest BCUT2D eigenvalue weighted by Gasteiger charge is 2.41. The SMILES string of the molecule is CCCCCCCCC1c2ccc(O)cc2SCC1(C)c1ccc(O)cc1. The molecule has 0 bridgehead atoms. The molecule has 3 rings (SSSR count). The van der Waals surface area contributed by atoms with E-state index < -0.39 is 0 Å². The molecule has 1 aliphatic rings. The molecule has 0 radical (unpaired) electrons. The normalized spacial score (nSPS) is 21.8. The number of rotatable bonds is 8. The van der Waals surface area contributed by atoms with Gasteiger partial charge in [-0.05, 0) is 47.7 Å². The molecule has 2 atom stereocenters. The summed E-state index contributed by atoms with van der Waals surface area (Å²) < 4.78 is 0. The van der Waals surface area contributed by atoms with E-state index in [1.165, 1.54) is 61.0 Å². The van der Waals surface area contributed by atoms with E-state index in [0.29, 0.717) is 17.4 Å². The summed E-state index contributed by atoms with van der Waals surface area (Å²) in [5, 5.41) is 19.6. The van der Waals surface area contributed by atoms with Gasteiger partial charge < -0.3 is 10.2 Å². The van der Waals surface area contributed by atoms with Crippen LogP contribution in [0, 0.1) is 0 Å². The Morgan fingerprint density at radius 3 is 2.33 bits per heavy atom. The monoisotopic (exact) mass is 384 g/mol. The lowest BCUT2D eigenvalue weighted by Crippen LogP contribution is -2.36. The van der Waals surface area contributed by atoms with E-state index in [-0.39, 0.29) is 5.41 Å². The van der Waals surface area contributed by atoms with Crippen molar-refractivity contribution >= 4 is 11.8 Å². The van der Waals surface area contributed by atoms with Crippen molar-refractivity contribution < 1.29 is 10.2 Å². The predicted molar refractivity (Wildman–Crippen MR) is 115 cm³/mol. The van der Waals surface area contributed by atoms with Gasteiger partial charge in [0.2, 0.25) is 0 Å². The van der Waals surface area contributed by atoms with E-state index in [4.69, 9.17) is 0 Å². The molecule has 0 saturated heterocycles. The fourth-order valence-corrected chi connectivity index (χ4v) is 5.74. The molecule has 2 aromatic rings. The highest BCUT2D eigenvalue weighted by Crippen LogP contribution is 2.52. The first-order valence-electron chi connectivity index (χ1n) is 10.3. The third-order valence-corrected chi connectivity index (χ3v) is 7.45. The number of fused-ring (bicyclic) bond motifs is 1. The van der Waals surface area contributed by atoms with Crippen LogP contribution in [0.4, 0.5) is 0 Å². The quantitative estimate of drug-likeness (QED) is 0.482. The molecule has 2 unspecified atom stereocenters. The fourth-order valence-electron chi connectivity index (χ4n) is 4.34. The number of phenols is 2. The molecule has 1 heterocycles. The minimum absolute atomic E-state index is 0.0335. The van der Waals surface area contributed by atoms with Crippen molar-refractivity contribution in [1.82, 2.24) is 0 Å². The molecule has 1 aliphatic heterocycles. The number of benzene rings is 2. The van der Waals surface area contributed by atoms with Crippen LogP contribution >= 0.6 is 11.8 Å². The van der Waals surface area contributed by atoms with Gasteiger partial charge in [0.25, 0.3) is 0 Å². The second kappa shape index (κ2) is 9.05. The largest absolute Gasteiger partial charge is 0.508 e. The first-order chi connectivity index (χ1) is 13.0. The predicted octanol–water partition coefficient (Wildman–Crippen LogP) is 7.00. The van der Waals surface area contributed by atoms with Crippen molar-refractivity contribution in [3.63, 3.8) is 0 Å². The molecule has 0 aliphatic carbocycles. The zero-order valence-electron chi connectivity index (χ0n) is 16.6. The van der Waals surface area contributed by atoms with Gasteiger partial charge in [-0.15, -0.1) is 11.8 Å². The third-order valence-electron chi connectivity index (χ3n) is 6.04. The average Bonchev–Trinajstić information content (AvgIpc) is 2.66. The van der Waals surface area contributed by atoms with E-state index in [2.05, 4.69) is 32.0 Å². The van der Waals surface area contributed by atoms with E-state index in [0.717, 1.165) is 5.75 Å². The first-order valence-corrected chi connectivity index (χ1v) is 11.3. The number of thioether (sulfide) groups is 1. The van der Waals surface area contributed by atoms with E-state index in [1.54, 1.807) is 12.1 Å². The number of hydrogen-bond donors (Lipinski definition) is 2. The third kappa shape index (κ3) is 4.63. The molecule has 3 heteroatoms. The molecular weight excluding hydrogens is 352 g/mol. The number of phenolic OH excluding ortho intramolecular Hbond substituents is 2. The van der Waals surface area contributed by atoms with Crippen LogP contribution in [0.25, 0.3) is 0 Å². The smallest absolute Gasteiger partial charge is 0.116 e. The van der Waals surface area contributed by atoms with Crippen LogP contribution in [-0.2, 0) is 5.41 Å². The second-order valence-corrected chi connectivity index (χ2v) is 9.10. The van der Waals surface area contributed by atoms with Gasteiger partial charge in [-0.2, -0.15) is 0 Å². The molecular formula is C24H32O2S. The molecule has 0 spiro atoms. The Kier molecular flexibility index (Phi) is 6.75. The molecule has 27 heavy (non-hydrogen) atoms.